The smallest absolute Gasteiger partial charge is 0.340 e. The monoisotopic (exact) mass is 432 g/mol. The minimum atomic E-state index is -0.660. The van der Waals surface area contributed by atoms with Crippen LogP contribution in [0.25, 0.3) is 10.9 Å². The number of hydrogen-bond acceptors (Lipinski definition) is 5. The second-order valence-corrected chi connectivity index (χ2v) is 7.98. The first-order chi connectivity index (χ1) is 15.0. The number of esters is 1. The number of ketones is 1. The average molecular weight is 433 g/mol. The van der Waals surface area contributed by atoms with Crippen molar-refractivity contribution in [1.82, 2.24) is 4.98 Å². The number of carbonyl (C=O) groups is 3. The predicted octanol–water partition coefficient (Wildman–Crippen LogP) is 4.85. The lowest BCUT2D eigenvalue weighted by atomic mass is 10.1. The summed E-state index contributed by atoms with van der Waals surface area (Å²) in [6.45, 7) is 1.42. The number of aromatic amines is 1. The number of carbonyl (C=O) groups excluding carboxylic acids is 3. The summed E-state index contributed by atoms with van der Waals surface area (Å²) in [5, 5.41) is 2.61. The summed E-state index contributed by atoms with van der Waals surface area (Å²) in [7, 11) is 1.61. The lowest BCUT2D eigenvalue weighted by Crippen LogP contribution is -2.27. The number of amides is 1. The zero-order chi connectivity index (χ0) is 22.0. The lowest BCUT2D eigenvalue weighted by Gasteiger charge is -2.19. The molecule has 2 aromatic carbocycles. The summed E-state index contributed by atoms with van der Waals surface area (Å²) < 4.78 is 5.34. The second kappa shape index (κ2) is 8.57. The number of hydrogen-bond donors (Lipinski definition) is 1. The Kier molecular flexibility index (Phi) is 5.68. The Hall–Kier alpha value is -3.71. The van der Waals surface area contributed by atoms with E-state index in [9.17, 15) is 14.4 Å². The topological polar surface area (TPSA) is 79.5 Å². The Morgan fingerprint density at radius 3 is 2.52 bits per heavy atom. The van der Waals surface area contributed by atoms with Crippen LogP contribution in [0.1, 0.15) is 36.1 Å². The van der Waals surface area contributed by atoms with Crippen molar-refractivity contribution in [3.8, 4) is 0 Å². The van der Waals surface area contributed by atoms with Crippen molar-refractivity contribution in [2.75, 3.05) is 18.6 Å². The van der Waals surface area contributed by atoms with E-state index < -0.39 is 12.6 Å². The number of benzene rings is 2. The van der Waals surface area contributed by atoms with Crippen LogP contribution in [-0.2, 0) is 4.74 Å². The summed E-state index contributed by atoms with van der Waals surface area (Å²) in [6, 6.07) is 17.7. The van der Waals surface area contributed by atoms with Gasteiger partial charge in [0.2, 0.25) is 5.78 Å². The highest BCUT2D eigenvalue weighted by molar-refractivity contribution is 7.12. The van der Waals surface area contributed by atoms with Crippen molar-refractivity contribution in [1.29, 1.82) is 0 Å². The zero-order valence-corrected chi connectivity index (χ0v) is 17.9. The van der Waals surface area contributed by atoms with Crippen molar-refractivity contribution in [3.63, 3.8) is 0 Å². The highest BCUT2D eigenvalue weighted by Gasteiger charge is 2.23. The van der Waals surface area contributed by atoms with E-state index >= 15 is 0 Å². The van der Waals surface area contributed by atoms with E-state index in [1.54, 1.807) is 43.4 Å². The molecule has 1 N–H and O–H groups in total. The minimum Gasteiger partial charge on any atom is -0.454 e. The molecule has 4 aromatic rings. The maximum atomic E-state index is 12.8. The third-order valence-corrected chi connectivity index (χ3v) is 5.89. The van der Waals surface area contributed by atoms with E-state index in [0.29, 0.717) is 16.1 Å². The minimum absolute atomic E-state index is 0.221. The molecule has 2 heterocycles. The van der Waals surface area contributed by atoms with Crippen LogP contribution >= 0.6 is 11.3 Å². The molecule has 31 heavy (non-hydrogen) atoms. The number of Topliss-reactive ketones (excluding diaryl/α,β-unsaturated/α-hetero) is 1. The van der Waals surface area contributed by atoms with Crippen LogP contribution in [0.3, 0.4) is 0 Å². The Morgan fingerprint density at radius 1 is 1.00 bits per heavy atom. The number of aryl methyl sites for hydroxylation is 1. The van der Waals surface area contributed by atoms with Crippen molar-refractivity contribution in [2.45, 2.75) is 6.92 Å². The highest BCUT2D eigenvalue weighted by atomic mass is 32.1. The average Bonchev–Trinajstić information content (AvgIpc) is 3.43. The molecule has 0 radical (unpaired) electrons. The first-order valence-corrected chi connectivity index (χ1v) is 10.5. The van der Waals surface area contributed by atoms with Gasteiger partial charge in [0.1, 0.15) is 0 Å². The molecule has 6 nitrogen and oxygen atoms in total. The maximum Gasteiger partial charge on any atom is 0.340 e. The molecule has 1 amide bonds. The number of para-hydroxylation sites is 2. The molecule has 0 bridgehead atoms. The lowest BCUT2D eigenvalue weighted by molar-refractivity contribution is 0.0475. The van der Waals surface area contributed by atoms with Crippen molar-refractivity contribution in [2.24, 2.45) is 0 Å². The quantitative estimate of drug-likeness (QED) is 0.349. The number of rotatable bonds is 6. The fourth-order valence-corrected chi connectivity index (χ4v) is 4.23. The summed E-state index contributed by atoms with van der Waals surface area (Å²) in [5.74, 6) is -1.17. The molecule has 0 unspecified atom stereocenters. The van der Waals surface area contributed by atoms with Crippen LogP contribution in [0, 0.1) is 6.92 Å². The van der Waals surface area contributed by atoms with E-state index in [1.165, 1.54) is 16.2 Å². The maximum absolute atomic E-state index is 12.8. The van der Waals surface area contributed by atoms with E-state index in [0.717, 1.165) is 16.6 Å². The van der Waals surface area contributed by atoms with E-state index in [1.807, 2.05) is 36.6 Å². The Balaban J connectivity index is 1.52. The summed E-state index contributed by atoms with van der Waals surface area (Å²) in [6.07, 6.45) is 0. The van der Waals surface area contributed by atoms with Crippen LogP contribution in [0.15, 0.2) is 66.0 Å². The second-order valence-electron chi connectivity index (χ2n) is 7.03. The molecule has 0 aliphatic heterocycles. The normalized spacial score (nSPS) is 10.8. The first kappa shape index (κ1) is 20.6. The van der Waals surface area contributed by atoms with Gasteiger partial charge in [-0.2, -0.15) is 0 Å². The van der Waals surface area contributed by atoms with E-state index in [-0.39, 0.29) is 17.3 Å². The Labute approximate surface area is 183 Å². The van der Waals surface area contributed by atoms with Gasteiger partial charge in [0.05, 0.1) is 16.1 Å². The number of fused-ring (bicyclic) bond motifs is 1. The van der Waals surface area contributed by atoms with Gasteiger partial charge < -0.3 is 14.6 Å². The van der Waals surface area contributed by atoms with Crippen LogP contribution in [0.2, 0.25) is 0 Å². The van der Waals surface area contributed by atoms with Gasteiger partial charge in [0.15, 0.2) is 6.61 Å². The van der Waals surface area contributed by atoms with Crippen molar-refractivity contribution in [3.05, 3.63) is 87.7 Å². The fraction of sp³-hybridized carbons (Fsp3) is 0.125. The molecule has 0 saturated carbocycles. The number of ether oxygens (including phenoxy) is 1. The van der Waals surface area contributed by atoms with Gasteiger partial charge in [-0.1, -0.05) is 36.4 Å². The highest BCUT2D eigenvalue weighted by Crippen LogP contribution is 2.25. The molecule has 0 spiro atoms. The summed E-state index contributed by atoms with van der Waals surface area (Å²) in [4.78, 5) is 43.4. The number of thiophene rings is 1. The number of aromatic nitrogens is 1. The van der Waals surface area contributed by atoms with Crippen LogP contribution in [-0.4, -0.2) is 36.3 Å². The van der Waals surface area contributed by atoms with Crippen LogP contribution in [0.4, 0.5) is 5.69 Å². The van der Waals surface area contributed by atoms with Gasteiger partial charge in [-0.25, -0.2) is 4.79 Å². The first-order valence-electron chi connectivity index (χ1n) is 9.65. The number of H-pyrrole nitrogens is 1. The molecule has 0 atom stereocenters. The van der Waals surface area contributed by atoms with Gasteiger partial charge in [-0.3, -0.25) is 9.59 Å². The molecule has 0 aliphatic carbocycles. The molecule has 0 fully saturated rings. The van der Waals surface area contributed by atoms with Gasteiger partial charge in [-0.05, 0) is 36.6 Å². The van der Waals surface area contributed by atoms with Crippen LogP contribution < -0.4 is 4.90 Å². The molecule has 156 valence electrons. The Bertz CT molecular complexity index is 1270. The van der Waals surface area contributed by atoms with Gasteiger partial charge in [0, 0.05) is 29.2 Å². The molecule has 7 heteroatoms. The standard InChI is InChI=1S/C24H20N2O4S/c1-15-22(16-8-3-5-10-18(16)25-15)20(27)14-30-24(29)17-9-4-6-11-19(17)26(2)23(28)21-12-7-13-31-21/h3-13,25H,14H2,1-2H3. The molecule has 0 aliphatic rings. The zero-order valence-electron chi connectivity index (χ0n) is 17.0. The number of nitrogens with zero attached hydrogens (tertiary/aromatic N) is 1. The third kappa shape index (κ3) is 4.00. The molecular weight excluding hydrogens is 412 g/mol. The van der Waals surface area contributed by atoms with Crippen LogP contribution in [0.5, 0.6) is 0 Å². The number of anilines is 1. The Morgan fingerprint density at radius 2 is 1.74 bits per heavy atom. The van der Waals surface area contributed by atoms with Crippen molar-refractivity contribution >= 4 is 45.6 Å². The van der Waals surface area contributed by atoms with Gasteiger partial charge in [0.25, 0.3) is 5.91 Å². The third-order valence-electron chi connectivity index (χ3n) is 5.03. The molecular formula is C24H20N2O4S. The summed E-state index contributed by atoms with van der Waals surface area (Å²) >= 11 is 1.33. The molecule has 2 aromatic heterocycles. The predicted molar refractivity (Wildman–Crippen MR) is 121 cm³/mol. The van der Waals surface area contributed by atoms with Crippen molar-refractivity contribution < 1.29 is 19.1 Å². The fourth-order valence-electron chi connectivity index (χ4n) is 3.53. The largest absolute Gasteiger partial charge is 0.454 e. The number of nitrogens with one attached hydrogen (secondary N) is 1. The van der Waals surface area contributed by atoms with E-state index in [4.69, 9.17) is 4.74 Å². The van der Waals surface area contributed by atoms with E-state index in [2.05, 4.69) is 4.98 Å². The summed E-state index contributed by atoms with van der Waals surface area (Å²) in [5.41, 5.74) is 2.74. The van der Waals surface area contributed by atoms with Gasteiger partial charge in [-0.15, -0.1) is 11.3 Å². The SMILES string of the molecule is Cc1[nH]c2ccccc2c1C(=O)COC(=O)c1ccccc1N(C)C(=O)c1cccs1. The molecule has 0 saturated heterocycles. The molecule has 4 rings (SSSR count). The van der Waals surface area contributed by atoms with Gasteiger partial charge >= 0.3 is 5.97 Å².